The summed E-state index contributed by atoms with van der Waals surface area (Å²) in [7, 11) is 0. The smallest absolute Gasteiger partial charge is 0.211 e. The van der Waals surface area contributed by atoms with E-state index in [1.165, 1.54) is 24.8 Å². The van der Waals surface area contributed by atoms with Gasteiger partial charge in [-0.15, -0.1) is 0 Å². The lowest BCUT2D eigenvalue weighted by atomic mass is 9.75. The first-order valence-electron chi connectivity index (χ1n) is 6.42. The summed E-state index contributed by atoms with van der Waals surface area (Å²) in [5, 5.41) is 0. The van der Waals surface area contributed by atoms with Crippen molar-refractivity contribution < 1.29 is 4.79 Å². The van der Waals surface area contributed by atoms with Gasteiger partial charge in [-0.3, -0.25) is 0 Å². The topological polar surface area (TPSA) is 29.4 Å². The number of isocyanates is 1. The molecule has 1 fully saturated rings. The summed E-state index contributed by atoms with van der Waals surface area (Å²) in [4.78, 5) is 14.6. The van der Waals surface area contributed by atoms with Crippen molar-refractivity contribution in [3.63, 3.8) is 0 Å². The summed E-state index contributed by atoms with van der Waals surface area (Å²) in [6.45, 7) is 2.20. The molecule has 0 heterocycles. The van der Waals surface area contributed by atoms with E-state index in [1.54, 1.807) is 6.08 Å². The average molecular weight is 229 g/mol. The third-order valence-corrected chi connectivity index (χ3v) is 3.84. The molecule has 1 saturated carbocycles. The van der Waals surface area contributed by atoms with Crippen LogP contribution in [0.5, 0.6) is 0 Å². The summed E-state index contributed by atoms with van der Waals surface area (Å²) in [6, 6.07) is 10.6. The maximum absolute atomic E-state index is 10.5. The van der Waals surface area contributed by atoms with Crippen molar-refractivity contribution >= 4 is 6.08 Å². The van der Waals surface area contributed by atoms with Gasteiger partial charge in [0.05, 0.1) is 6.04 Å². The van der Waals surface area contributed by atoms with Gasteiger partial charge in [-0.05, 0) is 36.7 Å². The van der Waals surface area contributed by atoms with E-state index in [9.17, 15) is 4.79 Å². The van der Waals surface area contributed by atoms with Crippen molar-refractivity contribution in [3.8, 4) is 0 Å². The first-order valence-corrected chi connectivity index (χ1v) is 6.42. The second-order valence-electron chi connectivity index (χ2n) is 5.07. The lowest BCUT2D eigenvalue weighted by Crippen LogP contribution is -2.31. The van der Waals surface area contributed by atoms with Crippen LogP contribution in [0.2, 0.25) is 0 Å². The van der Waals surface area contributed by atoms with Gasteiger partial charge in [0.2, 0.25) is 6.08 Å². The molecular formula is C15H19NO. The third-order valence-electron chi connectivity index (χ3n) is 3.84. The van der Waals surface area contributed by atoms with Crippen molar-refractivity contribution in [2.24, 2.45) is 16.8 Å². The Morgan fingerprint density at radius 3 is 2.76 bits per heavy atom. The van der Waals surface area contributed by atoms with E-state index in [-0.39, 0.29) is 6.04 Å². The molecule has 17 heavy (non-hydrogen) atoms. The van der Waals surface area contributed by atoms with Gasteiger partial charge in [-0.2, -0.15) is 0 Å². The Morgan fingerprint density at radius 2 is 2.06 bits per heavy atom. The predicted octanol–water partition coefficient (Wildman–Crippen LogP) is 3.37. The highest BCUT2D eigenvalue weighted by molar-refractivity contribution is 5.34. The fraction of sp³-hybridized carbons (Fsp3) is 0.533. The molecule has 1 aromatic carbocycles. The zero-order chi connectivity index (χ0) is 12.1. The molecule has 2 heteroatoms. The van der Waals surface area contributed by atoms with Gasteiger partial charge in [0.15, 0.2) is 0 Å². The van der Waals surface area contributed by atoms with E-state index in [2.05, 4.69) is 36.2 Å². The largest absolute Gasteiger partial charge is 0.235 e. The Bertz CT molecular complexity index is 395. The minimum absolute atomic E-state index is 0.168. The number of benzene rings is 1. The summed E-state index contributed by atoms with van der Waals surface area (Å²) in [6.07, 6.45) is 6.40. The van der Waals surface area contributed by atoms with E-state index in [0.717, 1.165) is 6.42 Å². The average Bonchev–Trinajstić information content (AvgIpc) is 2.35. The van der Waals surface area contributed by atoms with Crippen LogP contribution in [0, 0.1) is 11.8 Å². The van der Waals surface area contributed by atoms with E-state index in [4.69, 9.17) is 0 Å². The standard InChI is InChI=1S/C15H19NO/c1-12-6-5-9-14(15(12)16-11-17)10-13-7-3-2-4-8-13/h2-4,7-8,12,14-15H,5-6,9-10H2,1H3. The molecule has 0 bridgehead atoms. The number of nitrogens with zero attached hydrogens (tertiary/aromatic N) is 1. The Morgan fingerprint density at radius 1 is 1.29 bits per heavy atom. The van der Waals surface area contributed by atoms with Crippen LogP contribution in [0.15, 0.2) is 35.3 Å². The molecule has 0 spiro atoms. The number of carbonyl (C=O) groups excluding carboxylic acids is 1. The molecule has 0 saturated heterocycles. The van der Waals surface area contributed by atoms with Gasteiger partial charge in [0, 0.05) is 0 Å². The number of rotatable bonds is 3. The van der Waals surface area contributed by atoms with Gasteiger partial charge in [-0.1, -0.05) is 43.7 Å². The van der Waals surface area contributed by atoms with Crippen LogP contribution in [0.25, 0.3) is 0 Å². The third kappa shape index (κ3) is 3.04. The monoisotopic (exact) mass is 229 g/mol. The highest BCUT2D eigenvalue weighted by atomic mass is 16.1. The molecule has 1 aromatic rings. The second kappa shape index (κ2) is 5.79. The van der Waals surface area contributed by atoms with Crippen molar-refractivity contribution in [1.29, 1.82) is 0 Å². The summed E-state index contributed by atoms with van der Waals surface area (Å²) in [5.74, 6) is 1.02. The summed E-state index contributed by atoms with van der Waals surface area (Å²) >= 11 is 0. The molecule has 2 rings (SSSR count). The predicted molar refractivity (Wildman–Crippen MR) is 68.6 cm³/mol. The SMILES string of the molecule is CC1CCCC(Cc2ccccc2)C1N=C=O. The molecule has 0 aliphatic heterocycles. The maximum Gasteiger partial charge on any atom is 0.235 e. The van der Waals surface area contributed by atoms with Crippen LogP contribution in [0.4, 0.5) is 0 Å². The Hall–Kier alpha value is -1.40. The van der Waals surface area contributed by atoms with Crippen molar-refractivity contribution in [3.05, 3.63) is 35.9 Å². The van der Waals surface area contributed by atoms with Crippen LogP contribution in [0.3, 0.4) is 0 Å². The fourth-order valence-corrected chi connectivity index (χ4v) is 2.94. The molecule has 90 valence electrons. The van der Waals surface area contributed by atoms with Gasteiger partial charge < -0.3 is 0 Å². The minimum atomic E-state index is 0.168. The highest BCUT2D eigenvalue weighted by Gasteiger charge is 2.30. The fourth-order valence-electron chi connectivity index (χ4n) is 2.94. The van der Waals surface area contributed by atoms with Gasteiger partial charge in [-0.25, -0.2) is 9.79 Å². The van der Waals surface area contributed by atoms with Crippen LogP contribution < -0.4 is 0 Å². The van der Waals surface area contributed by atoms with Crippen LogP contribution in [-0.2, 0) is 11.2 Å². The lowest BCUT2D eigenvalue weighted by molar-refractivity contribution is 0.235. The molecular weight excluding hydrogens is 210 g/mol. The second-order valence-corrected chi connectivity index (χ2v) is 5.07. The Labute approximate surface area is 103 Å². The van der Waals surface area contributed by atoms with E-state index in [0.29, 0.717) is 11.8 Å². The molecule has 0 aromatic heterocycles. The quantitative estimate of drug-likeness (QED) is 0.577. The highest BCUT2D eigenvalue weighted by Crippen LogP contribution is 2.33. The van der Waals surface area contributed by atoms with E-state index in [1.807, 2.05) is 6.07 Å². The molecule has 0 amide bonds. The number of aliphatic imine (C=N–C) groups is 1. The molecule has 2 nitrogen and oxygen atoms in total. The summed E-state index contributed by atoms with van der Waals surface area (Å²) in [5.41, 5.74) is 1.35. The Kier molecular flexibility index (Phi) is 4.11. The molecule has 3 unspecified atom stereocenters. The minimum Gasteiger partial charge on any atom is -0.211 e. The molecule has 0 N–H and O–H groups in total. The zero-order valence-corrected chi connectivity index (χ0v) is 10.3. The molecule has 1 aliphatic carbocycles. The summed E-state index contributed by atoms with van der Waals surface area (Å²) < 4.78 is 0. The molecule has 3 atom stereocenters. The van der Waals surface area contributed by atoms with Gasteiger partial charge in [0.1, 0.15) is 0 Å². The van der Waals surface area contributed by atoms with Crippen LogP contribution in [-0.4, -0.2) is 12.1 Å². The van der Waals surface area contributed by atoms with Crippen LogP contribution in [0.1, 0.15) is 31.7 Å². The zero-order valence-electron chi connectivity index (χ0n) is 10.3. The maximum atomic E-state index is 10.5. The number of hydrogen-bond donors (Lipinski definition) is 0. The van der Waals surface area contributed by atoms with E-state index < -0.39 is 0 Å². The van der Waals surface area contributed by atoms with Crippen molar-refractivity contribution in [1.82, 2.24) is 0 Å². The van der Waals surface area contributed by atoms with Crippen LogP contribution >= 0.6 is 0 Å². The van der Waals surface area contributed by atoms with Crippen molar-refractivity contribution in [2.75, 3.05) is 0 Å². The lowest BCUT2D eigenvalue weighted by Gasteiger charge is -2.33. The van der Waals surface area contributed by atoms with Gasteiger partial charge in [0.25, 0.3) is 0 Å². The van der Waals surface area contributed by atoms with Gasteiger partial charge >= 0.3 is 0 Å². The molecule has 1 aliphatic rings. The van der Waals surface area contributed by atoms with Crippen molar-refractivity contribution in [2.45, 2.75) is 38.6 Å². The first kappa shape index (κ1) is 12.1. The van der Waals surface area contributed by atoms with E-state index >= 15 is 0 Å². The molecule has 0 radical (unpaired) electrons. The first-order chi connectivity index (χ1) is 8.31. The number of hydrogen-bond acceptors (Lipinski definition) is 2. The normalized spacial score (nSPS) is 28.4. The Balaban J connectivity index is 2.10.